The Morgan fingerprint density at radius 3 is 2.22 bits per heavy atom. The zero-order valence-electron chi connectivity index (χ0n) is 12.5. The van der Waals surface area contributed by atoms with E-state index in [1.807, 2.05) is 11.9 Å². The van der Waals surface area contributed by atoms with Crippen LogP contribution in [-0.2, 0) is 4.79 Å². The van der Waals surface area contributed by atoms with E-state index in [2.05, 4.69) is 20.8 Å². The van der Waals surface area contributed by atoms with Gasteiger partial charge in [0.15, 0.2) is 0 Å². The van der Waals surface area contributed by atoms with E-state index < -0.39 is 0 Å². The second-order valence-electron chi connectivity index (χ2n) is 6.44. The number of hydrogen-bond acceptors (Lipinski definition) is 2. The molecule has 1 saturated carbocycles. The third-order valence-electron chi connectivity index (χ3n) is 4.45. The summed E-state index contributed by atoms with van der Waals surface area (Å²) in [6, 6.07) is 0.308. The smallest absolute Gasteiger partial charge is 0.230 e. The van der Waals surface area contributed by atoms with Gasteiger partial charge in [0.05, 0.1) is 5.41 Å². The van der Waals surface area contributed by atoms with E-state index in [4.69, 9.17) is 5.73 Å². The first-order chi connectivity index (χ1) is 8.43. The van der Waals surface area contributed by atoms with E-state index >= 15 is 0 Å². The van der Waals surface area contributed by atoms with Crippen LogP contribution in [0, 0.1) is 11.3 Å². The van der Waals surface area contributed by atoms with Crippen molar-refractivity contribution in [3.05, 3.63) is 0 Å². The largest absolute Gasteiger partial charge is 0.343 e. The Balaban J connectivity index is 2.70. The molecule has 1 fully saturated rings. The normalized spacial score (nSPS) is 20.8. The molecule has 0 aromatic carbocycles. The fourth-order valence-electron chi connectivity index (χ4n) is 3.15. The number of carbonyl (C=O) groups is 1. The monoisotopic (exact) mass is 254 g/mol. The van der Waals surface area contributed by atoms with Crippen LogP contribution in [-0.4, -0.2) is 30.4 Å². The van der Waals surface area contributed by atoms with Gasteiger partial charge in [-0.15, -0.1) is 0 Å². The van der Waals surface area contributed by atoms with Gasteiger partial charge in [0.1, 0.15) is 0 Å². The van der Waals surface area contributed by atoms with Crippen LogP contribution in [0.3, 0.4) is 0 Å². The van der Waals surface area contributed by atoms with Gasteiger partial charge in [-0.1, -0.05) is 33.1 Å². The topological polar surface area (TPSA) is 46.3 Å². The maximum atomic E-state index is 12.7. The van der Waals surface area contributed by atoms with E-state index in [0.29, 0.717) is 18.5 Å². The molecule has 0 bridgehead atoms. The Kier molecular flexibility index (Phi) is 5.64. The Morgan fingerprint density at radius 2 is 1.78 bits per heavy atom. The molecular weight excluding hydrogens is 224 g/mol. The highest BCUT2D eigenvalue weighted by Crippen LogP contribution is 2.37. The van der Waals surface area contributed by atoms with Gasteiger partial charge < -0.3 is 10.6 Å². The average Bonchev–Trinajstić information content (AvgIpc) is 2.37. The lowest BCUT2D eigenvalue weighted by molar-refractivity contribution is -0.144. The summed E-state index contributed by atoms with van der Waals surface area (Å²) >= 11 is 0. The zero-order chi connectivity index (χ0) is 13.8. The minimum Gasteiger partial charge on any atom is -0.343 e. The van der Waals surface area contributed by atoms with Crippen molar-refractivity contribution in [2.75, 3.05) is 13.6 Å². The minimum atomic E-state index is -0.266. The Labute approximate surface area is 112 Å². The highest BCUT2D eigenvalue weighted by Gasteiger charge is 2.40. The number of nitrogens with zero attached hydrogens (tertiary/aromatic N) is 1. The molecule has 0 aliphatic heterocycles. The standard InChI is InChI=1S/C15H30N2O/c1-12(2)10-13(3)17(4)14(18)15(11-16)8-6-5-7-9-15/h12-13H,5-11,16H2,1-4H3. The first kappa shape index (κ1) is 15.5. The quantitative estimate of drug-likeness (QED) is 0.820. The lowest BCUT2D eigenvalue weighted by Gasteiger charge is -2.40. The van der Waals surface area contributed by atoms with E-state index in [-0.39, 0.29) is 11.3 Å². The lowest BCUT2D eigenvalue weighted by Crippen LogP contribution is -2.50. The summed E-state index contributed by atoms with van der Waals surface area (Å²) < 4.78 is 0. The third-order valence-corrected chi connectivity index (χ3v) is 4.45. The molecule has 3 heteroatoms. The summed E-state index contributed by atoms with van der Waals surface area (Å²) in [6.07, 6.45) is 6.55. The van der Waals surface area contributed by atoms with Crippen molar-refractivity contribution in [3.63, 3.8) is 0 Å². The fraction of sp³-hybridized carbons (Fsp3) is 0.933. The number of carbonyl (C=O) groups excluding carboxylic acids is 1. The lowest BCUT2D eigenvalue weighted by atomic mass is 9.73. The maximum absolute atomic E-state index is 12.7. The summed E-state index contributed by atoms with van der Waals surface area (Å²) in [7, 11) is 1.95. The molecule has 1 unspecified atom stereocenters. The van der Waals surface area contributed by atoms with E-state index in [0.717, 1.165) is 32.1 Å². The highest BCUT2D eigenvalue weighted by atomic mass is 16.2. The van der Waals surface area contributed by atoms with Gasteiger partial charge in [-0.05, 0) is 32.1 Å². The summed E-state index contributed by atoms with van der Waals surface area (Å²) in [6.45, 7) is 7.05. The second kappa shape index (κ2) is 6.55. The van der Waals surface area contributed by atoms with Crippen molar-refractivity contribution >= 4 is 5.91 Å². The third kappa shape index (κ3) is 3.47. The summed E-state index contributed by atoms with van der Waals surface area (Å²) in [5.74, 6) is 0.897. The summed E-state index contributed by atoms with van der Waals surface area (Å²) in [4.78, 5) is 14.7. The highest BCUT2D eigenvalue weighted by molar-refractivity contribution is 5.83. The molecule has 1 aliphatic rings. The molecule has 1 rings (SSSR count). The summed E-state index contributed by atoms with van der Waals surface area (Å²) in [5, 5.41) is 0. The zero-order valence-corrected chi connectivity index (χ0v) is 12.5. The van der Waals surface area contributed by atoms with Crippen molar-refractivity contribution in [1.82, 2.24) is 4.90 Å². The molecule has 0 heterocycles. The molecule has 0 spiro atoms. The van der Waals surface area contributed by atoms with Crippen LogP contribution < -0.4 is 5.73 Å². The Hall–Kier alpha value is -0.570. The second-order valence-corrected chi connectivity index (χ2v) is 6.44. The van der Waals surface area contributed by atoms with Crippen LogP contribution in [0.4, 0.5) is 0 Å². The Morgan fingerprint density at radius 1 is 1.22 bits per heavy atom. The molecule has 0 aromatic rings. The predicted molar refractivity (Wildman–Crippen MR) is 76.3 cm³/mol. The van der Waals surface area contributed by atoms with E-state index in [9.17, 15) is 4.79 Å². The molecule has 3 nitrogen and oxygen atoms in total. The first-order valence-corrected chi connectivity index (χ1v) is 7.40. The van der Waals surface area contributed by atoms with Gasteiger partial charge >= 0.3 is 0 Å². The van der Waals surface area contributed by atoms with Gasteiger partial charge in [0, 0.05) is 19.6 Å². The molecule has 18 heavy (non-hydrogen) atoms. The molecular formula is C15H30N2O. The molecule has 0 aromatic heterocycles. The SMILES string of the molecule is CC(C)CC(C)N(C)C(=O)C1(CN)CCCCC1. The van der Waals surface area contributed by atoms with Crippen molar-refractivity contribution in [2.45, 2.75) is 65.3 Å². The summed E-state index contributed by atoms with van der Waals surface area (Å²) in [5.41, 5.74) is 5.67. The molecule has 0 radical (unpaired) electrons. The molecule has 106 valence electrons. The number of hydrogen-bond donors (Lipinski definition) is 1. The first-order valence-electron chi connectivity index (χ1n) is 7.40. The van der Waals surface area contributed by atoms with Crippen molar-refractivity contribution in [3.8, 4) is 0 Å². The van der Waals surface area contributed by atoms with Crippen LogP contribution in [0.1, 0.15) is 59.3 Å². The van der Waals surface area contributed by atoms with Crippen molar-refractivity contribution < 1.29 is 4.79 Å². The van der Waals surface area contributed by atoms with Crippen molar-refractivity contribution in [2.24, 2.45) is 17.1 Å². The van der Waals surface area contributed by atoms with Crippen molar-refractivity contribution in [1.29, 1.82) is 0 Å². The molecule has 1 aliphatic carbocycles. The molecule has 1 amide bonds. The number of nitrogens with two attached hydrogens (primary N) is 1. The van der Waals surface area contributed by atoms with Gasteiger partial charge in [0.25, 0.3) is 0 Å². The predicted octanol–water partition coefficient (Wildman–Crippen LogP) is 2.79. The van der Waals surface area contributed by atoms with Gasteiger partial charge in [0.2, 0.25) is 5.91 Å². The van der Waals surface area contributed by atoms with Crippen LogP contribution in [0.15, 0.2) is 0 Å². The minimum absolute atomic E-state index is 0.266. The van der Waals surface area contributed by atoms with Crippen LogP contribution >= 0.6 is 0 Å². The molecule has 1 atom stereocenters. The van der Waals surface area contributed by atoms with Crippen LogP contribution in [0.5, 0.6) is 0 Å². The van der Waals surface area contributed by atoms with Gasteiger partial charge in [-0.2, -0.15) is 0 Å². The molecule has 0 saturated heterocycles. The average molecular weight is 254 g/mol. The fourth-order valence-corrected chi connectivity index (χ4v) is 3.15. The Bertz CT molecular complexity index is 270. The number of rotatable bonds is 5. The molecule has 2 N–H and O–H groups in total. The van der Waals surface area contributed by atoms with E-state index in [1.54, 1.807) is 0 Å². The van der Waals surface area contributed by atoms with Gasteiger partial charge in [-0.25, -0.2) is 0 Å². The number of amides is 1. The van der Waals surface area contributed by atoms with Crippen LogP contribution in [0.25, 0.3) is 0 Å². The van der Waals surface area contributed by atoms with Crippen LogP contribution in [0.2, 0.25) is 0 Å². The van der Waals surface area contributed by atoms with Gasteiger partial charge in [-0.3, -0.25) is 4.79 Å². The maximum Gasteiger partial charge on any atom is 0.230 e. The van der Waals surface area contributed by atoms with E-state index in [1.165, 1.54) is 6.42 Å².